The maximum atomic E-state index is 12.9. The molecule has 0 N–H and O–H groups in total. The van der Waals surface area contributed by atoms with Crippen molar-refractivity contribution in [3.05, 3.63) is 0 Å². The summed E-state index contributed by atoms with van der Waals surface area (Å²) in [5, 5.41) is 0. The summed E-state index contributed by atoms with van der Waals surface area (Å²) in [7, 11) is 1.41. The Hall–Kier alpha value is -1.14. The second-order valence-corrected chi connectivity index (χ2v) is 7.78. The lowest BCUT2D eigenvalue weighted by molar-refractivity contribution is -0.146. The van der Waals surface area contributed by atoms with E-state index in [1.807, 2.05) is 11.8 Å². The number of morpholine rings is 1. The minimum absolute atomic E-state index is 0.203. The van der Waals surface area contributed by atoms with E-state index in [2.05, 4.69) is 4.90 Å². The molecule has 150 valence electrons. The van der Waals surface area contributed by atoms with Crippen LogP contribution in [-0.2, 0) is 19.1 Å². The number of amides is 1. The zero-order valence-electron chi connectivity index (χ0n) is 16.6. The van der Waals surface area contributed by atoms with Crippen LogP contribution in [0.2, 0.25) is 0 Å². The van der Waals surface area contributed by atoms with Gasteiger partial charge in [-0.1, -0.05) is 26.2 Å². The molecule has 0 aromatic heterocycles. The molecule has 6 heteroatoms. The first-order chi connectivity index (χ1) is 12.6. The van der Waals surface area contributed by atoms with Crippen LogP contribution in [0.3, 0.4) is 0 Å². The van der Waals surface area contributed by atoms with E-state index in [4.69, 9.17) is 9.47 Å². The van der Waals surface area contributed by atoms with E-state index in [-0.39, 0.29) is 17.8 Å². The van der Waals surface area contributed by atoms with Gasteiger partial charge >= 0.3 is 5.97 Å². The summed E-state index contributed by atoms with van der Waals surface area (Å²) < 4.78 is 10.2. The van der Waals surface area contributed by atoms with E-state index in [9.17, 15) is 9.59 Å². The Morgan fingerprint density at radius 2 is 1.88 bits per heavy atom. The molecule has 1 saturated carbocycles. The van der Waals surface area contributed by atoms with Crippen LogP contribution in [0.15, 0.2) is 0 Å². The van der Waals surface area contributed by atoms with Gasteiger partial charge in [-0.05, 0) is 25.2 Å². The molecule has 0 bridgehead atoms. The quantitative estimate of drug-likeness (QED) is 0.585. The number of carbonyl (C=O) groups excluding carboxylic acids is 2. The lowest BCUT2D eigenvalue weighted by Crippen LogP contribution is -2.41. The lowest BCUT2D eigenvalue weighted by atomic mass is 9.86. The number of rotatable bonds is 9. The average Bonchev–Trinajstić information content (AvgIpc) is 2.68. The van der Waals surface area contributed by atoms with Gasteiger partial charge in [-0.2, -0.15) is 0 Å². The van der Waals surface area contributed by atoms with Crippen molar-refractivity contribution in [2.24, 2.45) is 11.8 Å². The summed E-state index contributed by atoms with van der Waals surface area (Å²) in [6.45, 7) is 7.51. The highest BCUT2D eigenvalue weighted by Gasteiger charge is 2.25. The number of carbonyl (C=O) groups is 2. The number of methoxy groups -OCH3 is 1. The predicted octanol–water partition coefficient (Wildman–Crippen LogP) is 2.32. The molecule has 1 heterocycles. The van der Waals surface area contributed by atoms with Gasteiger partial charge < -0.3 is 14.4 Å². The molecule has 1 unspecified atom stereocenters. The fourth-order valence-electron chi connectivity index (χ4n) is 4.00. The van der Waals surface area contributed by atoms with Crippen molar-refractivity contribution in [1.29, 1.82) is 0 Å². The van der Waals surface area contributed by atoms with Crippen molar-refractivity contribution in [3.63, 3.8) is 0 Å². The van der Waals surface area contributed by atoms with Crippen molar-refractivity contribution in [3.8, 4) is 0 Å². The highest BCUT2D eigenvalue weighted by molar-refractivity contribution is 5.78. The molecule has 1 amide bonds. The second kappa shape index (κ2) is 11.5. The number of esters is 1. The van der Waals surface area contributed by atoms with Crippen molar-refractivity contribution in [2.45, 2.75) is 51.9 Å². The van der Waals surface area contributed by atoms with Crippen LogP contribution in [0.1, 0.15) is 51.9 Å². The van der Waals surface area contributed by atoms with Gasteiger partial charge in [0.2, 0.25) is 5.91 Å². The summed E-state index contributed by atoms with van der Waals surface area (Å²) in [6.07, 6.45) is 7.68. The van der Waals surface area contributed by atoms with Crippen LogP contribution < -0.4 is 0 Å². The first kappa shape index (κ1) is 21.2. The molecule has 1 saturated heterocycles. The molecule has 0 aromatic carbocycles. The van der Waals surface area contributed by atoms with Gasteiger partial charge in [-0.25, -0.2) is 0 Å². The summed E-state index contributed by atoms with van der Waals surface area (Å²) in [6, 6.07) is 0. The predicted molar refractivity (Wildman–Crippen MR) is 101 cm³/mol. The largest absolute Gasteiger partial charge is 0.469 e. The van der Waals surface area contributed by atoms with Gasteiger partial charge in [-0.15, -0.1) is 0 Å². The lowest BCUT2D eigenvalue weighted by Gasteiger charge is -2.30. The maximum Gasteiger partial charge on any atom is 0.310 e. The van der Waals surface area contributed by atoms with Crippen molar-refractivity contribution in [2.75, 3.05) is 53.0 Å². The molecule has 2 fully saturated rings. The third-order valence-corrected chi connectivity index (χ3v) is 5.64. The first-order valence-electron chi connectivity index (χ1n) is 10.3. The Morgan fingerprint density at radius 1 is 1.19 bits per heavy atom. The Kier molecular flexibility index (Phi) is 9.40. The average molecular weight is 369 g/mol. The monoisotopic (exact) mass is 368 g/mol. The summed E-state index contributed by atoms with van der Waals surface area (Å²) in [5.74, 6) is 0.202. The smallest absolute Gasteiger partial charge is 0.310 e. The van der Waals surface area contributed by atoms with Gasteiger partial charge in [0, 0.05) is 39.1 Å². The topological polar surface area (TPSA) is 59.1 Å². The normalized spacial score (nSPS) is 20.5. The Labute approximate surface area is 158 Å². The molecule has 1 atom stereocenters. The first-order valence-corrected chi connectivity index (χ1v) is 10.3. The zero-order chi connectivity index (χ0) is 18.8. The SMILES string of the molecule is COC(=O)C(C)CN(CCCN1CCOCC1)C(=O)CC1CCCCC1. The molecule has 1 aliphatic heterocycles. The molecule has 2 rings (SSSR count). The van der Waals surface area contributed by atoms with E-state index in [1.165, 1.54) is 39.2 Å². The van der Waals surface area contributed by atoms with Crippen LogP contribution in [0.25, 0.3) is 0 Å². The van der Waals surface area contributed by atoms with Crippen LogP contribution in [0, 0.1) is 11.8 Å². The minimum atomic E-state index is -0.279. The van der Waals surface area contributed by atoms with Gasteiger partial charge in [0.05, 0.1) is 26.2 Å². The number of hydrogen-bond acceptors (Lipinski definition) is 5. The van der Waals surface area contributed by atoms with Crippen LogP contribution in [-0.4, -0.2) is 74.7 Å². The van der Waals surface area contributed by atoms with E-state index in [0.29, 0.717) is 25.4 Å². The second-order valence-electron chi connectivity index (χ2n) is 7.78. The Morgan fingerprint density at radius 3 is 2.54 bits per heavy atom. The van der Waals surface area contributed by atoms with E-state index < -0.39 is 0 Å². The standard InChI is InChI=1S/C20H36N2O4/c1-17(20(24)25-2)16-22(10-6-9-21-11-13-26-14-12-21)19(23)15-18-7-4-3-5-8-18/h17-18H,3-16H2,1-2H3. The van der Waals surface area contributed by atoms with Gasteiger partial charge in [0.1, 0.15) is 0 Å². The molecule has 1 aliphatic carbocycles. The van der Waals surface area contributed by atoms with E-state index in [1.54, 1.807) is 0 Å². The Balaban J connectivity index is 1.84. The molecule has 0 spiro atoms. The maximum absolute atomic E-state index is 12.9. The zero-order valence-corrected chi connectivity index (χ0v) is 16.6. The molecule has 26 heavy (non-hydrogen) atoms. The molecule has 6 nitrogen and oxygen atoms in total. The molecule has 2 aliphatic rings. The molecule has 0 aromatic rings. The molecule has 0 radical (unpaired) electrons. The van der Waals surface area contributed by atoms with E-state index in [0.717, 1.165) is 39.3 Å². The highest BCUT2D eigenvalue weighted by Crippen LogP contribution is 2.27. The highest BCUT2D eigenvalue weighted by atomic mass is 16.5. The number of ether oxygens (including phenoxy) is 2. The number of hydrogen-bond donors (Lipinski definition) is 0. The summed E-state index contributed by atoms with van der Waals surface area (Å²) >= 11 is 0. The number of nitrogens with zero attached hydrogens (tertiary/aromatic N) is 2. The molecular weight excluding hydrogens is 332 g/mol. The van der Waals surface area contributed by atoms with Gasteiger partial charge in [-0.3, -0.25) is 14.5 Å². The van der Waals surface area contributed by atoms with Crippen molar-refractivity contribution < 1.29 is 19.1 Å². The summed E-state index contributed by atoms with van der Waals surface area (Å²) in [5.41, 5.74) is 0. The van der Waals surface area contributed by atoms with E-state index >= 15 is 0 Å². The van der Waals surface area contributed by atoms with Crippen LogP contribution in [0.4, 0.5) is 0 Å². The van der Waals surface area contributed by atoms with Gasteiger partial charge in [0.15, 0.2) is 0 Å². The molecular formula is C20H36N2O4. The minimum Gasteiger partial charge on any atom is -0.469 e. The Bertz CT molecular complexity index is 432. The van der Waals surface area contributed by atoms with Crippen molar-refractivity contribution in [1.82, 2.24) is 9.80 Å². The van der Waals surface area contributed by atoms with Gasteiger partial charge in [0.25, 0.3) is 0 Å². The third-order valence-electron chi connectivity index (χ3n) is 5.64. The fraction of sp³-hybridized carbons (Fsp3) is 0.900. The fourth-order valence-corrected chi connectivity index (χ4v) is 4.00. The van der Waals surface area contributed by atoms with Crippen LogP contribution in [0.5, 0.6) is 0 Å². The third kappa shape index (κ3) is 7.23. The summed E-state index contributed by atoms with van der Waals surface area (Å²) in [4.78, 5) is 29.0. The van der Waals surface area contributed by atoms with Crippen LogP contribution >= 0.6 is 0 Å². The van der Waals surface area contributed by atoms with Crippen molar-refractivity contribution >= 4 is 11.9 Å².